The summed E-state index contributed by atoms with van der Waals surface area (Å²) in [6.07, 6.45) is 4.10. The Hall–Kier alpha value is -0.850. The van der Waals surface area contributed by atoms with E-state index in [4.69, 9.17) is 0 Å². The summed E-state index contributed by atoms with van der Waals surface area (Å²) >= 11 is 0. The number of H-pyrrole nitrogens is 1. The predicted molar refractivity (Wildman–Crippen MR) is 61.6 cm³/mol. The Morgan fingerprint density at radius 2 is 2.44 bits per heavy atom. The Kier molecular flexibility index (Phi) is 3.32. The quantitative estimate of drug-likeness (QED) is 0.796. The number of aromatic nitrogens is 1. The van der Waals surface area contributed by atoms with Crippen LogP contribution in [0.5, 0.6) is 0 Å². The van der Waals surface area contributed by atoms with E-state index in [1.54, 1.807) is 16.6 Å². The monoisotopic (exact) mass is 243 g/mol. The van der Waals surface area contributed by atoms with Crippen LogP contribution in [0.2, 0.25) is 0 Å². The largest absolute Gasteiger partial charge is 0.366 e. The number of nitrogens with one attached hydrogen (secondary N) is 2. The molecule has 16 heavy (non-hydrogen) atoms. The number of rotatable bonds is 4. The third kappa shape index (κ3) is 2.14. The van der Waals surface area contributed by atoms with Gasteiger partial charge in [0.1, 0.15) is 0 Å². The van der Waals surface area contributed by atoms with Gasteiger partial charge in [-0.25, -0.2) is 8.42 Å². The van der Waals surface area contributed by atoms with Crippen LogP contribution in [0.4, 0.5) is 0 Å². The van der Waals surface area contributed by atoms with Crippen LogP contribution in [0.15, 0.2) is 23.4 Å². The maximum absolute atomic E-state index is 12.1. The first-order chi connectivity index (χ1) is 7.64. The molecule has 1 fully saturated rings. The molecule has 90 valence electrons. The molecule has 1 aliphatic rings. The topological polar surface area (TPSA) is 65.2 Å². The molecule has 0 bridgehead atoms. The Morgan fingerprint density at radius 1 is 1.62 bits per heavy atom. The summed E-state index contributed by atoms with van der Waals surface area (Å²) in [6, 6.07) is 1.60. The number of hydrogen-bond donors (Lipinski definition) is 2. The maximum atomic E-state index is 12.1. The van der Waals surface area contributed by atoms with Gasteiger partial charge in [0.15, 0.2) is 0 Å². The standard InChI is InChI=1S/C10H17N3O2S/c1-11-6-9-3-5-13(8-9)16(14,15)10-2-4-12-7-10/h2,4,7,9,11-12H,3,5-6,8H2,1H3. The summed E-state index contributed by atoms with van der Waals surface area (Å²) in [5.74, 6) is 0.429. The molecule has 1 saturated heterocycles. The van der Waals surface area contributed by atoms with Gasteiger partial charge in [-0.1, -0.05) is 0 Å². The molecule has 1 aliphatic heterocycles. The minimum absolute atomic E-state index is 0.359. The first-order valence-electron chi connectivity index (χ1n) is 5.42. The van der Waals surface area contributed by atoms with E-state index in [2.05, 4.69) is 10.3 Å². The van der Waals surface area contributed by atoms with Crippen molar-refractivity contribution in [1.29, 1.82) is 0 Å². The van der Waals surface area contributed by atoms with Gasteiger partial charge in [-0.05, 0) is 32.0 Å². The molecule has 0 amide bonds. The molecule has 0 aliphatic carbocycles. The van der Waals surface area contributed by atoms with Crippen molar-refractivity contribution in [2.45, 2.75) is 11.3 Å². The van der Waals surface area contributed by atoms with Crippen molar-refractivity contribution in [3.05, 3.63) is 18.5 Å². The molecule has 1 atom stereocenters. The van der Waals surface area contributed by atoms with Gasteiger partial charge in [0.05, 0.1) is 4.90 Å². The zero-order chi connectivity index (χ0) is 11.6. The van der Waals surface area contributed by atoms with Crippen molar-refractivity contribution >= 4 is 10.0 Å². The molecule has 0 aromatic carbocycles. The predicted octanol–water partition coefficient (Wildman–Crippen LogP) is 0.245. The van der Waals surface area contributed by atoms with E-state index in [0.717, 1.165) is 13.0 Å². The average molecular weight is 243 g/mol. The van der Waals surface area contributed by atoms with E-state index in [-0.39, 0.29) is 0 Å². The summed E-state index contributed by atoms with van der Waals surface area (Å²) in [7, 11) is -1.38. The van der Waals surface area contributed by atoms with Crippen molar-refractivity contribution in [1.82, 2.24) is 14.6 Å². The van der Waals surface area contributed by atoms with Crippen LogP contribution >= 0.6 is 0 Å². The van der Waals surface area contributed by atoms with Crippen LogP contribution in [0.1, 0.15) is 6.42 Å². The van der Waals surface area contributed by atoms with Crippen molar-refractivity contribution in [3.8, 4) is 0 Å². The van der Waals surface area contributed by atoms with E-state index < -0.39 is 10.0 Å². The highest BCUT2D eigenvalue weighted by Crippen LogP contribution is 2.23. The second-order valence-corrected chi connectivity index (χ2v) is 6.06. The molecule has 1 unspecified atom stereocenters. The first-order valence-corrected chi connectivity index (χ1v) is 6.86. The summed E-state index contributed by atoms with van der Waals surface area (Å²) in [5, 5.41) is 3.09. The molecule has 1 aromatic rings. The summed E-state index contributed by atoms with van der Waals surface area (Å²) in [6.45, 7) is 2.12. The normalized spacial score (nSPS) is 22.7. The summed E-state index contributed by atoms with van der Waals surface area (Å²) in [4.78, 5) is 3.14. The molecule has 2 N–H and O–H groups in total. The molecule has 2 rings (SSSR count). The lowest BCUT2D eigenvalue weighted by atomic mass is 10.1. The smallest absolute Gasteiger partial charge is 0.244 e. The fourth-order valence-electron chi connectivity index (χ4n) is 2.09. The van der Waals surface area contributed by atoms with Crippen LogP contribution < -0.4 is 5.32 Å². The van der Waals surface area contributed by atoms with Crippen LogP contribution in [-0.4, -0.2) is 44.4 Å². The van der Waals surface area contributed by atoms with E-state index in [0.29, 0.717) is 23.9 Å². The zero-order valence-electron chi connectivity index (χ0n) is 9.31. The van der Waals surface area contributed by atoms with E-state index in [9.17, 15) is 8.42 Å². The van der Waals surface area contributed by atoms with Crippen LogP contribution in [-0.2, 0) is 10.0 Å². The Balaban J connectivity index is 2.10. The van der Waals surface area contributed by atoms with Gasteiger partial charge in [-0.3, -0.25) is 0 Å². The van der Waals surface area contributed by atoms with E-state index in [1.165, 1.54) is 6.20 Å². The minimum atomic E-state index is -3.27. The number of aromatic amines is 1. The Labute approximate surface area is 95.9 Å². The SMILES string of the molecule is CNCC1CCN(S(=O)(=O)c2cc[nH]c2)C1. The zero-order valence-corrected chi connectivity index (χ0v) is 10.1. The third-order valence-electron chi connectivity index (χ3n) is 2.95. The molecule has 0 radical (unpaired) electrons. The molecule has 6 heteroatoms. The van der Waals surface area contributed by atoms with Gasteiger partial charge < -0.3 is 10.3 Å². The van der Waals surface area contributed by atoms with Gasteiger partial charge >= 0.3 is 0 Å². The van der Waals surface area contributed by atoms with E-state index >= 15 is 0 Å². The molecule has 0 spiro atoms. The fraction of sp³-hybridized carbons (Fsp3) is 0.600. The lowest BCUT2D eigenvalue weighted by Crippen LogP contribution is -2.30. The van der Waals surface area contributed by atoms with Crippen LogP contribution in [0, 0.1) is 5.92 Å². The Morgan fingerprint density at radius 3 is 3.06 bits per heavy atom. The molecular weight excluding hydrogens is 226 g/mol. The fourth-order valence-corrected chi connectivity index (χ4v) is 3.60. The number of hydrogen-bond acceptors (Lipinski definition) is 3. The van der Waals surface area contributed by atoms with Gasteiger partial charge in [0, 0.05) is 25.5 Å². The van der Waals surface area contributed by atoms with Crippen LogP contribution in [0.3, 0.4) is 0 Å². The highest BCUT2D eigenvalue weighted by Gasteiger charge is 2.32. The molecule has 5 nitrogen and oxygen atoms in total. The van der Waals surface area contributed by atoms with Gasteiger partial charge in [-0.2, -0.15) is 4.31 Å². The van der Waals surface area contributed by atoms with Crippen molar-refractivity contribution < 1.29 is 8.42 Å². The van der Waals surface area contributed by atoms with Crippen molar-refractivity contribution in [2.75, 3.05) is 26.7 Å². The van der Waals surface area contributed by atoms with Gasteiger partial charge in [0.25, 0.3) is 0 Å². The summed E-state index contributed by atoms with van der Waals surface area (Å²) in [5.41, 5.74) is 0. The Bertz CT molecular complexity index is 427. The maximum Gasteiger partial charge on any atom is 0.244 e. The van der Waals surface area contributed by atoms with Crippen molar-refractivity contribution in [3.63, 3.8) is 0 Å². The summed E-state index contributed by atoms with van der Waals surface area (Å²) < 4.78 is 25.8. The third-order valence-corrected chi connectivity index (χ3v) is 4.81. The molecule has 0 saturated carbocycles. The highest BCUT2D eigenvalue weighted by atomic mass is 32.2. The molecular formula is C10H17N3O2S. The van der Waals surface area contributed by atoms with Gasteiger partial charge in [-0.15, -0.1) is 0 Å². The minimum Gasteiger partial charge on any atom is -0.366 e. The van der Waals surface area contributed by atoms with Crippen molar-refractivity contribution in [2.24, 2.45) is 5.92 Å². The molecule has 1 aromatic heterocycles. The second kappa shape index (κ2) is 4.57. The lowest BCUT2D eigenvalue weighted by Gasteiger charge is -2.15. The van der Waals surface area contributed by atoms with E-state index in [1.807, 2.05) is 7.05 Å². The molecule has 2 heterocycles. The van der Waals surface area contributed by atoms with Gasteiger partial charge in [0.2, 0.25) is 10.0 Å². The second-order valence-electron chi connectivity index (χ2n) is 4.12. The number of nitrogens with zero attached hydrogens (tertiary/aromatic N) is 1. The lowest BCUT2D eigenvalue weighted by molar-refractivity contribution is 0.451. The van der Waals surface area contributed by atoms with Crippen LogP contribution in [0.25, 0.3) is 0 Å². The number of sulfonamides is 1. The average Bonchev–Trinajstić information content (AvgIpc) is 2.88. The first kappa shape index (κ1) is 11.6. The highest BCUT2D eigenvalue weighted by molar-refractivity contribution is 7.89.